The molecule has 1 heterocycles. The van der Waals surface area contributed by atoms with Gasteiger partial charge in [0.25, 0.3) is 0 Å². The van der Waals surface area contributed by atoms with E-state index in [1.165, 1.54) is 18.5 Å². The summed E-state index contributed by atoms with van der Waals surface area (Å²) in [7, 11) is 0. The molecule has 1 aromatic rings. The lowest BCUT2D eigenvalue weighted by Crippen LogP contribution is -2.07. The zero-order chi connectivity index (χ0) is 8.97. The molecule has 2 N–H and O–H groups in total. The highest BCUT2D eigenvalue weighted by atomic mass is 19.3. The van der Waals surface area contributed by atoms with Gasteiger partial charge in [-0.25, -0.2) is 0 Å². The van der Waals surface area contributed by atoms with Gasteiger partial charge in [0.05, 0.1) is 6.20 Å². The third-order valence-electron chi connectivity index (χ3n) is 1.31. The molecular weight excluding hydrogens is 166 g/mol. The number of hydrogen-bond donors (Lipinski definition) is 1. The third kappa shape index (κ3) is 2.13. The number of aromatic nitrogens is 1. The molecule has 0 aliphatic carbocycles. The van der Waals surface area contributed by atoms with Gasteiger partial charge in [-0.3, -0.25) is 4.98 Å². The maximum atomic E-state index is 11.7. The van der Waals surface area contributed by atoms with Gasteiger partial charge in [0, 0.05) is 18.3 Å². The summed E-state index contributed by atoms with van der Waals surface area (Å²) in [6.07, 6.45) is 2.69. The van der Waals surface area contributed by atoms with Gasteiger partial charge in [-0.05, 0) is 6.07 Å². The number of halogens is 2. The van der Waals surface area contributed by atoms with Crippen molar-refractivity contribution in [2.75, 3.05) is 0 Å². The highest BCUT2D eigenvalue weighted by Gasteiger charge is 2.07. The second-order valence-corrected chi connectivity index (χ2v) is 2.07. The molecule has 0 aliphatic rings. The number of alkyl halides is 2. The van der Waals surface area contributed by atoms with E-state index in [1.54, 1.807) is 0 Å². The van der Waals surface area contributed by atoms with Crippen molar-refractivity contribution < 1.29 is 13.5 Å². The van der Waals surface area contributed by atoms with E-state index in [0.29, 0.717) is 5.56 Å². The van der Waals surface area contributed by atoms with Crippen LogP contribution in [0.4, 0.5) is 8.78 Å². The predicted molar refractivity (Wildman–Crippen MR) is 38.8 cm³/mol. The average Bonchev–Trinajstić information content (AvgIpc) is 2.04. The van der Waals surface area contributed by atoms with Crippen LogP contribution in [-0.2, 0) is 6.54 Å². The summed E-state index contributed by atoms with van der Waals surface area (Å²) in [6, 6.07) is 1.54. The molecular formula is C7H8F2N2O. The normalized spacial score (nSPS) is 10.3. The molecule has 0 saturated heterocycles. The number of pyridine rings is 1. The van der Waals surface area contributed by atoms with Crippen molar-refractivity contribution in [2.24, 2.45) is 5.73 Å². The number of ether oxygens (including phenoxy) is 1. The third-order valence-corrected chi connectivity index (χ3v) is 1.31. The summed E-state index contributed by atoms with van der Waals surface area (Å²) in [5.74, 6) is 0.0370. The summed E-state index contributed by atoms with van der Waals surface area (Å²) in [6.45, 7) is -2.68. The summed E-state index contributed by atoms with van der Waals surface area (Å²) < 4.78 is 27.7. The number of nitrogens with two attached hydrogens (primary N) is 1. The minimum atomic E-state index is -2.83. The fraction of sp³-hybridized carbons (Fsp3) is 0.286. The smallest absolute Gasteiger partial charge is 0.387 e. The van der Waals surface area contributed by atoms with Gasteiger partial charge in [0.15, 0.2) is 0 Å². The molecule has 3 nitrogen and oxygen atoms in total. The van der Waals surface area contributed by atoms with Crippen molar-refractivity contribution in [1.29, 1.82) is 0 Å². The zero-order valence-corrected chi connectivity index (χ0v) is 6.21. The Balaban J connectivity index is 2.82. The standard InChI is InChI=1S/C7H8F2N2O/c8-7(9)12-6-4-11-2-1-5(6)3-10/h1-2,4,7H,3,10H2. The Kier molecular flexibility index (Phi) is 2.93. The monoisotopic (exact) mass is 174 g/mol. The van der Waals surface area contributed by atoms with Crippen LogP contribution in [0.2, 0.25) is 0 Å². The van der Waals surface area contributed by atoms with Crippen molar-refractivity contribution in [3.63, 3.8) is 0 Å². The molecule has 1 aromatic heterocycles. The van der Waals surface area contributed by atoms with Crippen LogP contribution in [0, 0.1) is 0 Å². The van der Waals surface area contributed by atoms with E-state index in [2.05, 4.69) is 9.72 Å². The van der Waals surface area contributed by atoms with Crippen LogP contribution in [0.1, 0.15) is 5.56 Å². The van der Waals surface area contributed by atoms with E-state index in [-0.39, 0.29) is 12.3 Å². The van der Waals surface area contributed by atoms with Crippen LogP contribution in [0.15, 0.2) is 18.5 Å². The topological polar surface area (TPSA) is 48.1 Å². The molecule has 0 radical (unpaired) electrons. The molecule has 0 spiro atoms. The van der Waals surface area contributed by atoms with Crippen LogP contribution in [0.25, 0.3) is 0 Å². The molecule has 0 saturated carbocycles. The Labute approximate surface area is 68.2 Å². The maximum absolute atomic E-state index is 11.7. The van der Waals surface area contributed by atoms with E-state index >= 15 is 0 Å². The Morgan fingerprint density at radius 1 is 1.58 bits per heavy atom. The first kappa shape index (κ1) is 8.86. The lowest BCUT2D eigenvalue weighted by Gasteiger charge is -2.07. The highest BCUT2D eigenvalue weighted by Crippen LogP contribution is 2.17. The van der Waals surface area contributed by atoms with Crippen molar-refractivity contribution >= 4 is 0 Å². The van der Waals surface area contributed by atoms with Gasteiger partial charge >= 0.3 is 6.61 Å². The summed E-state index contributed by atoms with van der Waals surface area (Å²) in [4.78, 5) is 3.63. The minimum absolute atomic E-state index is 0.0370. The Morgan fingerprint density at radius 3 is 2.92 bits per heavy atom. The van der Waals surface area contributed by atoms with E-state index in [4.69, 9.17) is 5.73 Å². The summed E-state index contributed by atoms with van der Waals surface area (Å²) in [5.41, 5.74) is 5.79. The Bertz CT molecular complexity index is 255. The first-order valence-corrected chi connectivity index (χ1v) is 3.32. The van der Waals surface area contributed by atoms with Crippen LogP contribution >= 0.6 is 0 Å². The van der Waals surface area contributed by atoms with Crippen LogP contribution in [0.3, 0.4) is 0 Å². The number of rotatable bonds is 3. The van der Waals surface area contributed by atoms with Gasteiger partial charge in [0.2, 0.25) is 0 Å². The van der Waals surface area contributed by atoms with Crippen LogP contribution in [0.5, 0.6) is 5.75 Å². The van der Waals surface area contributed by atoms with Crippen LogP contribution in [-0.4, -0.2) is 11.6 Å². The molecule has 0 atom stereocenters. The number of hydrogen-bond acceptors (Lipinski definition) is 3. The first-order chi connectivity index (χ1) is 5.74. The fourth-order valence-electron chi connectivity index (χ4n) is 0.780. The second kappa shape index (κ2) is 3.96. The largest absolute Gasteiger partial charge is 0.433 e. The predicted octanol–water partition coefficient (Wildman–Crippen LogP) is 1.14. The number of nitrogens with zero attached hydrogens (tertiary/aromatic N) is 1. The molecule has 0 unspecified atom stereocenters. The van der Waals surface area contributed by atoms with E-state index in [1.807, 2.05) is 0 Å². The molecule has 66 valence electrons. The molecule has 1 rings (SSSR count). The first-order valence-electron chi connectivity index (χ1n) is 3.32. The van der Waals surface area contributed by atoms with Crippen molar-refractivity contribution in [2.45, 2.75) is 13.2 Å². The molecule has 0 fully saturated rings. The quantitative estimate of drug-likeness (QED) is 0.747. The van der Waals surface area contributed by atoms with E-state index < -0.39 is 6.61 Å². The second-order valence-electron chi connectivity index (χ2n) is 2.07. The lowest BCUT2D eigenvalue weighted by molar-refractivity contribution is -0.0506. The van der Waals surface area contributed by atoms with Gasteiger partial charge in [0.1, 0.15) is 5.75 Å². The molecule has 0 amide bonds. The van der Waals surface area contributed by atoms with Gasteiger partial charge in [-0.2, -0.15) is 8.78 Å². The fourth-order valence-corrected chi connectivity index (χ4v) is 0.780. The van der Waals surface area contributed by atoms with E-state index in [0.717, 1.165) is 0 Å². The van der Waals surface area contributed by atoms with Gasteiger partial charge in [-0.1, -0.05) is 0 Å². The molecule has 12 heavy (non-hydrogen) atoms. The average molecular weight is 174 g/mol. The van der Waals surface area contributed by atoms with Crippen LogP contribution < -0.4 is 10.5 Å². The summed E-state index contributed by atoms with van der Waals surface area (Å²) >= 11 is 0. The molecule has 0 bridgehead atoms. The molecule has 5 heteroatoms. The Morgan fingerprint density at radius 2 is 2.33 bits per heavy atom. The van der Waals surface area contributed by atoms with Crippen molar-refractivity contribution in [3.05, 3.63) is 24.0 Å². The maximum Gasteiger partial charge on any atom is 0.387 e. The molecule has 0 aromatic carbocycles. The van der Waals surface area contributed by atoms with Crippen molar-refractivity contribution in [3.8, 4) is 5.75 Å². The SMILES string of the molecule is NCc1ccncc1OC(F)F. The lowest BCUT2D eigenvalue weighted by atomic mass is 10.2. The van der Waals surface area contributed by atoms with Gasteiger partial charge in [-0.15, -0.1) is 0 Å². The van der Waals surface area contributed by atoms with Crippen molar-refractivity contribution in [1.82, 2.24) is 4.98 Å². The minimum Gasteiger partial charge on any atom is -0.433 e. The summed E-state index contributed by atoms with van der Waals surface area (Å²) in [5, 5.41) is 0. The van der Waals surface area contributed by atoms with Gasteiger partial charge < -0.3 is 10.5 Å². The molecule has 0 aliphatic heterocycles. The highest BCUT2D eigenvalue weighted by molar-refractivity contribution is 5.29. The Hall–Kier alpha value is -1.23. The zero-order valence-electron chi connectivity index (χ0n) is 6.21. The van der Waals surface area contributed by atoms with E-state index in [9.17, 15) is 8.78 Å².